The fraction of sp³-hybridized carbons (Fsp3) is 0.429. The zero-order valence-corrected chi connectivity index (χ0v) is 19.1. The normalized spacial score (nSPS) is 15.2. The first-order valence-corrected chi connectivity index (χ1v) is 11.6. The molecule has 1 amide bonds. The Labute approximate surface area is 183 Å². The molecular weight excluding hydrogens is 418 g/mol. The minimum atomic E-state index is -3.83. The fourth-order valence-electron chi connectivity index (χ4n) is 3.29. The van der Waals surface area contributed by atoms with E-state index < -0.39 is 15.9 Å². The van der Waals surface area contributed by atoms with E-state index in [9.17, 15) is 13.2 Å². The monoisotopic (exact) mass is 447 g/mol. The molecule has 1 saturated heterocycles. The Bertz CT molecular complexity index is 1020. The van der Waals surface area contributed by atoms with Gasteiger partial charge in [0.1, 0.15) is 16.5 Å². The number of hydrogen-bond acceptors (Lipinski definition) is 7. The number of piperazine rings is 1. The van der Waals surface area contributed by atoms with Crippen LogP contribution in [0.2, 0.25) is 0 Å². The Balaban J connectivity index is 1.75. The number of sulfonamides is 1. The van der Waals surface area contributed by atoms with Crippen LogP contribution in [-0.2, 0) is 10.0 Å². The van der Waals surface area contributed by atoms with Crippen LogP contribution < -0.4 is 19.7 Å². The molecule has 0 bridgehead atoms. The summed E-state index contributed by atoms with van der Waals surface area (Å²) in [5.41, 5.74) is 0.733. The van der Waals surface area contributed by atoms with Gasteiger partial charge < -0.3 is 19.9 Å². The summed E-state index contributed by atoms with van der Waals surface area (Å²) in [5.74, 6) is 0.601. The van der Waals surface area contributed by atoms with Gasteiger partial charge in [-0.15, -0.1) is 0 Å². The number of hydrogen-bond donors (Lipinski definition) is 2. The van der Waals surface area contributed by atoms with E-state index in [0.717, 1.165) is 32.0 Å². The summed E-state index contributed by atoms with van der Waals surface area (Å²) in [7, 11) is -0.348. The van der Waals surface area contributed by atoms with Crippen molar-refractivity contribution in [3.63, 3.8) is 0 Å². The van der Waals surface area contributed by atoms with Crippen LogP contribution in [0, 0.1) is 0 Å². The number of nitrogens with zero attached hydrogens (tertiary/aromatic N) is 3. The number of amides is 1. The predicted molar refractivity (Wildman–Crippen MR) is 120 cm³/mol. The van der Waals surface area contributed by atoms with Crippen LogP contribution in [0.15, 0.2) is 41.4 Å². The molecule has 0 spiro atoms. The van der Waals surface area contributed by atoms with Crippen molar-refractivity contribution in [2.75, 3.05) is 50.6 Å². The molecule has 10 heteroatoms. The molecule has 1 aliphatic rings. The number of carbonyl (C=O) groups is 1. The minimum Gasteiger partial charge on any atom is -0.495 e. The van der Waals surface area contributed by atoms with Gasteiger partial charge >= 0.3 is 0 Å². The maximum absolute atomic E-state index is 12.7. The van der Waals surface area contributed by atoms with E-state index in [1.165, 1.54) is 25.3 Å². The number of pyridine rings is 1. The zero-order chi connectivity index (χ0) is 22.6. The molecule has 1 aliphatic heterocycles. The highest BCUT2D eigenvalue weighted by atomic mass is 32.2. The van der Waals surface area contributed by atoms with E-state index in [2.05, 4.69) is 31.9 Å². The molecule has 0 radical (unpaired) electrons. The summed E-state index contributed by atoms with van der Waals surface area (Å²) < 4.78 is 32.9. The van der Waals surface area contributed by atoms with E-state index in [1.807, 2.05) is 6.07 Å². The Kier molecular flexibility index (Phi) is 7.14. The second-order valence-corrected chi connectivity index (χ2v) is 9.47. The predicted octanol–water partition coefficient (Wildman–Crippen LogP) is 1.78. The molecule has 3 rings (SSSR count). The number of anilines is 2. The van der Waals surface area contributed by atoms with Crippen molar-refractivity contribution < 1.29 is 17.9 Å². The van der Waals surface area contributed by atoms with Crippen LogP contribution in [0.4, 0.5) is 11.5 Å². The molecule has 1 aromatic carbocycles. The van der Waals surface area contributed by atoms with Crippen LogP contribution >= 0.6 is 0 Å². The highest BCUT2D eigenvalue weighted by molar-refractivity contribution is 7.89. The average Bonchev–Trinajstić information content (AvgIpc) is 2.73. The van der Waals surface area contributed by atoms with Crippen molar-refractivity contribution in [3.8, 4) is 5.75 Å². The molecule has 1 aromatic heterocycles. The average molecular weight is 448 g/mol. The van der Waals surface area contributed by atoms with Crippen molar-refractivity contribution in [2.24, 2.45) is 0 Å². The molecule has 0 aliphatic carbocycles. The summed E-state index contributed by atoms with van der Waals surface area (Å²) in [6.07, 6.45) is 1.60. The molecule has 2 aromatic rings. The number of methoxy groups -OCH3 is 1. The van der Waals surface area contributed by atoms with Crippen molar-refractivity contribution in [2.45, 2.75) is 24.8 Å². The first kappa shape index (κ1) is 23.0. The lowest BCUT2D eigenvalue weighted by atomic mass is 10.2. The largest absolute Gasteiger partial charge is 0.495 e. The fourth-order valence-corrected chi connectivity index (χ4v) is 4.73. The van der Waals surface area contributed by atoms with Crippen LogP contribution in [0.1, 0.15) is 24.2 Å². The Hall–Kier alpha value is -2.69. The van der Waals surface area contributed by atoms with Crippen molar-refractivity contribution in [1.29, 1.82) is 0 Å². The summed E-state index contributed by atoms with van der Waals surface area (Å²) in [5, 5.41) is 2.77. The number of aromatic nitrogens is 1. The molecule has 9 nitrogen and oxygen atoms in total. The van der Waals surface area contributed by atoms with Crippen LogP contribution in [0.5, 0.6) is 5.75 Å². The first-order chi connectivity index (χ1) is 14.7. The van der Waals surface area contributed by atoms with Crippen LogP contribution in [0.25, 0.3) is 0 Å². The standard InChI is InChI=1S/C21H29N5O4S/c1-15(2)24-31(28,29)19-13-16(5-7-18(19)30-4)21(27)23-17-6-8-20(22-14-17)26-11-9-25(3)10-12-26/h5-8,13-15,24H,9-12H2,1-4H3,(H,23,27). The summed E-state index contributed by atoms with van der Waals surface area (Å²) in [6.45, 7) is 7.22. The van der Waals surface area contributed by atoms with Gasteiger partial charge in [-0.2, -0.15) is 0 Å². The zero-order valence-electron chi connectivity index (χ0n) is 18.3. The maximum atomic E-state index is 12.7. The highest BCUT2D eigenvalue weighted by Gasteiger charge is 2.23. The Morgan fingerprint density at radius 1 is 1.13 bits per heavy atom. The lowest BCUT2D eigenvalue weighted by Crippen LogP contribution is -2.44. The Morgan fingerprint density at radius 2 is 1.84 bits per heavy atom. The second kappa shape index (κ2) is 9.63. The van der Waals surface area contributed by atoms with Crippen molar-refractivity contribution in [1.82, 2.24) is 14.6 Å². The van der Waals surface area contributed by atoms with Crippen molar-refractivity contribution in [3.05, 3.63) is 42.1 Å². The molecule has 2 N–H and O–H groups in total. The van der Waals surface area contributed by atoms with E-state index in [-0.39, 0.29) is 22.3 Å². The molecule has 0 unspecified atom stereocenters. The first-order valence-electron chi connectivity index (χ1n) is 10.1. The molecule has 1 fully saturated rings. The lowest BCUT2D eigenvalue weighted by molar-refractivity contribution is 0.102. The number of carbonyl (C=O) groups excluding carboxylic acids is 1. The van der Waals surface area contributed by atoms with E-state index >= 15 is 0 Å². The summed E-state index contributed by atoms with van der Waals surface area (Å²) >= 11 is 0. The third-order valence-corrected chi connectivity index (χ3v) is 6.62. The molecule has 168 valence electrons. The van der Waals surface area contributed by atoms with Gasteiger partial charge in [-0.1, -0.05) is 0 Å². The Morgan fingerprint density at radius 3 is 2.42 bits per heavy atom. The summed E-state index contributed by atoms with van der Waals surface area (Å²) in [4.78, 5) is 21.6. The molecular formula is C21H29N5O4S. The van der Waals surface area contributed by atoms with Crippen LogP contribution in [-0.4, -0.2) is 70.6 Å². The number of ether oxygens (including phenoxy) is 1. The van der Waals surface area contributed by atoms with E-state index in [0.29, 0.717) is 5.69 Å². The third-order valence-electron chi connectivity index (χ3n) is 4.94. The summed E-state index contributed by atoms with van der Waals surface area (Å²) in [6, 6.07) is 7.67. The smallest absolute Gasteiger partial charge is 0.255 e. The highest BCUT2D eigenvalue weighted by Crippen LogP contribution is 2.26. The van der Waals surface area contributed by atoms with Crippen molar-refractivity contribution >= 4 is 27.4 Å². The molecule has 0 saturated carbocycles. The van der Waals surface area contributed by atoms with Gasteiger partial charge in [0, 0.05) is 37.8 Å². The van der Waals surface area contributed by atoms with E-state index in [1.54, 1.807) is 26.1 Å². The third kappa shape index (κ3) is 5.72. The second-order valence-electron chi connectivity index (χ2n) is 7.79. The number of likely N-dealkylation sites (N-methyl/N-ethyl adjacent to an activating group) is 1. The van der Waals surface area contributed by atoms with Gasteiger partial charge in [0.2, 0.25) is 10.0 Å². The number of rotatable bonds is 7. The number of benzene rings is 1. The quantitative estimate of drug-likeness (QED) is 0.667. The maximum Gasteiger partial charge on any atom is 0.255 e. The topological polar surface area (TPSA) is 104 Å². The van der Waals surface area contributed by atoms with Gasteiger partial charge in [0.25, 0.3) is 5.91 Å². The minimum absolute atomic E-state index is 0.0834. The molecule has 0 atom stereocenters. The van der Waals surface area contributed by atoms with Gasteiger partial charge in [-0.05, 0) is 51.2 Å². The molecule has 31 heavy (non-hydrogen) atoms. The van der Waals surface area contributed by atoms with Gasteiger partial charge in [0.05, 0.1) is 19.0 Å². The van der Waals surface area contributed by atoms with Gasteiger partial charge in [0.15, 0.2) is 0 Å². The van der Waals surface area contributed by atoms with Gasteiger partial charge in [-0.3, -0.25) is 4.79 Å². The molecule has 2 heterocycles. The SMILES string of the molecule is COc1ccc(C(=O)Nc2ccc(N3CCN(C)CC3)nc2)cc1S(=O)(=O)NC(C)C. The lowest BCUT2D eigenvalue weighted by Gasteiger charge is -2.33. The number of nitrogens with one attached hydrogen (secondary N) is 2. The van der Waals surface area contributed by atoms with Crippen LogP contribution in [0.3, 0.4) is 0 Å². The van der Waals surface area contributed by atoms with Gasteiger partial charge in [-0.25, -0.2) is 18.1 Å². The van der Waals surface area contributed by atoms with E-state index in [4.69, 9.17) is 4.74 Å².